The van der Waals surface area contributed by atoms with Crippen LogP contribution >= 0.6 is 22.0 Å². The Balaban J connectivity index is 1.75. The Labute approximate surface area is 131 Å². The number of allylic oxidation sites excluding steroid dienone is 1. The Morgan fingerprint density at radius 2 is 2.05 bits per heavy atom. The van der Waals surface area contributed by atoms with Gasteiger partial charge >= 0.3 is 0 Å². The fourth-order valence-corrected chi connectivity index (χ4v) is 4.48. The van der Waals surface area contributed by atoms with E-state index in [4.69, 9.17) is 20.2 Å². The van der Waals surface area contributed by atoms with Gasteiger partial charge in [0.25, 0.3) is 9.05 Å². The van der Waals surface area contributed by atoms with Crippen molar-refractivity contribution in [3.8, 4) is 11.5 Å². The molecule has 0 bridgehead atoms. The first kappa shape index (κ1) is 14.4. The molecule has 0 radical (unpaired) electrons. The second-order valence-electron chi connectivity index (χ2n) is 4.37. The largest absolute Gasteiger partial charge is 0.454 e. The molecule has 2 aromatic rings. The minimum Gasteiger partial charge on any atom is -0.454 e. The van der Waals surface area contributed by atoms with E-state index in [9.17, 15) is 8.42 Å². The molecule has 0 fully saturated rings. The third kappa shape index (κ3) is 3.23. The van der Waals surface area contributed by atoms with E-state index in [-0.39, 0.29) is 11.7 Å². The number of halogens is 1. The Kier molecular flexibility index (Phi) is 3.93. The summed E-state index contributed by atoms with van der Waals surface area (Å²) < 4.78 is 33.3. The molecule has 21 heavy (non-hydrogen) atoms. The Morgan fingerprint density at radius 1 is 1.24 bits per heavy atom. The van der Waals surface area contributed by atoms with E-state index in [1.165, 1.54) is 17.4 Å². The summed E-state index contributed by atoms with van der Waals surface area (Å²) in [5, 5.41) is 1.72. The van der Waals surface area contributed by atoms with Crippen molar-refractivity contribution in [2.24, 2.45) is 0 Å². The fourth-order valence-electron chi connectivity index (χ4n) is 2.01. The molecular weight excluding hydrogens is 332 g/mol. The van der Waals surface area contributed by atoms with E-state index in [0.29, 0.717) is 6.42 Å². The van der Waals surface area contributed by atoms with Crippen LogP contribution in [-0.2, 0) is 15.5 Å². The lowest BCUT2D eigenvalue weighted by molar-refractivity contribution is 0.174. The van der Waals surface area contributed by atoms with E-state index in [2.05, 4.69) is 0 Å². The van der Waals surface area contributed by atoms with Gasteiger partial charge in [-0.1, -0.05) is 18.2 Å². The number of hydrogen-bond acceptors (Lipinski definition) is 5. The van der Waals surface area contributed by atoms with Crippen LogP contribution in [0.25, 0.3) is 6.08 Å². The number of fused-ring (bicyclic) bond motifs is 1. The van der Waals surface area contributed by atoms with Crippen LogP contribution in [0.2, 0.25) is 0 Å². The third-order valence-electron chi connectivity index (χ3n) is 2.98. The van der Waals surface area contributed by atoms with Crippen molar-refractivity contribution < 1.29 is 17.9 Å². The summed E-state index contributed by atoms with van der Waals surface area (Å²) in [6, 6.07) is 7.17. The van der Waals surface area contributed by atoms with Gasteiger partial charge in [-0.15, -0.1) is 11.3 Å². The van der Waals surface area contributed by atoms with Crippen LogP contribution < -0.4 is 9.47 Å². The summed E-state index contributed by atoms with van der Waals surface area (Å²) in [4.78, 5) is 0.909. The predicted molar refractivity (Wildman–Crippen MR) is 82.7 cm³/mol. The first-order chi connectivity index (χ1) is 10.0. The van der Waals surface area contributed by atoms with Gasteiger partial charge in [0.05, 0.1) is 4.90 Å². The van der Waals surface area contributed by atoms with Crippen LogP contribution in [0.3, 0.4) is 0 Å². The molecule has 2 heterocycles. The third-order valence-corrected chi connectivity index (χ3v) is 5.46. The zero-order valence-corrected chi connectivity index (χ0v) is 13.2. The average molecular weight is 343 g/mol. The highest BCUT2D eigenvalue weighted by atomic mass is 35.7. The van der Waals surface area contributed by atoms with Crippen molar-refractivity contribution in [2.75, 3.05) is 6.79 Å². The Hall–Kier alpha value is -1.50. The molecule has 7 heteroatoms. The number of thiophene rings is 1. The molecule has 0 saturated carbocycles. The fraction of sp³-hybridized carbons (Fsp3) is 0.143. The summed E-state index contributed by atoms with van der Waals surface area (Å²) in [5.41, 5.74) is 0.964. The minimum atomic E-state index is -3.68. The Bertz CT molecular complexity index is 793. The van der Waals surface area contributed by atoms with Crippen LogP contribution in [0, 0.1) is 0 Å². The second-order valence-corrected chi connectivity index (χ2v) is 7.90. The molecule has 1 aliphatic heterocycles. The quantitative estimate of drug-likeness (QED) is 0.796. The topological polar surface area (TPSA) is 52.6 Å². The van der Waals surface area contributed by atoms with Gasteiger partial charge in [-0.25, -0.2) is 8.42 Å². The van der Waals surface area contributed by atoms with Crippen molar-refractivity contribution in [1.82, 2.24) is 0 Å². The van der Waals surface area contributed by atoms with Gasteiger partial charge in [0.2, 0.25) is 6.79 Å². The standard InChI is InChI=1S/C14H11ClO4S2/c15-21(16,17)14-6-7-20-13(14)3-1-2-10-4-5-11-12(8-10)19-9-18-11/h1-2,4-8H,3,9H2. The number of rotatable bonds is 4. The number of hydrogen-bond donors (Lipinski definition) is 0. The summed E-state index contributed by atoms with van der Waals surface area (Å²) >= 11 is 1.37. The molecule has 1 aliphatic rings. The van der Waals surface area contributed by atoms with Gasteiger partial charge in [0, 0.05) is 22.0 Å². The SMILES string of the molecule is O=S(=O)(Cl)c1ccsc1CC=Cc1ccc2c(c1)OCO2. The maximum Gasteiger partial charge on any atom is 0.262 e. The van der Waals surface area contributed by atoms with Crippen molar-refractivity contribution in [1.29, 1.82) is 0 Å². The lowest BCUT2D eigenvalue weighted by Crippen LogP contribution is -1.92. The molecule has 1 aromatic carbocycles. The zero-order chi connectivity index (χ0) is 14.9. The summed E-state index contributed by atoms with van der Waals surface area (Å²) in [5.74, 6) is 1.46. The second kappa shape index (κ2) is 5.71. The molecule has 4 nitrogen and oxygen atoms in total. The number of ether oxygens (including phenoxy) is 2. The molecule has 1 aromatic heterocycles. The average Bonchev–Trinajstić information content (AvgIpc) is 3.05. The molecule has 0 spiro atoms. The molecule has 0 atom stereocenters. The van der Waals surface area contributed by atoms with Gasteiger partial charge in [0.1, 0.15) is 0 Å². The van der Waals surface area contributed by atoms with Crippen molar-refractivity contribution in [2.45, 2.75) is 11.3 Å². The van der Waals surface area contributed by atoms with Gasteiger partial charge < -0.3 is 9.47 Å². The normalized spacial score (nSPS) is 14.0. The minimum absolute atomic E-state index is 0.185. The highest BCUT2D eigenvalue weighted by Crippen LogP contribution is 2.33. The first-order valence-electron chi connectivity index (χ1n) is 6.11. The van der Waals surface area contributed by atoms with Gasteiger partial charge in [-0.05, 0) is 29.1 Å². The van der Waals surface area contributed by atoms with Gasteiger partial charge in [-0.3, -0.25) is 0 Å². The van der Waals surface area contributed by atoms with Gasteiger partial charge in [-0.2, -0.15) is 0 Å². The molecule has 0 amide bonds. The highest BCUT2D eigenvalue weighted by molar-refractivity contribution is 8.13. The van der Waals surface area contributed by atoms with Crippen LogP contribution in [-0.4, -0.2) is 15.2 Å². The maximum absolute atomic E-state index is 11.4. The van der Waals surface area contributed by atoms with Crippen molar-refractivity contribution in [3.63, 3.8) is 0 Å². The van der Waals surface area contributed by atoms with Crippen LogP contribution in [0.1, 0.15) is 10.4 Å². The van der Waals surface area contributed by atoms with Crippen molar-refractivity contribution >= 4 is 37.1 Å². The lowest BCUT2D eigenvalue weighted by atomic mass is 10.1. The summed E-state index contributed by atoms with van der Waals surface area (Å²) in [6.45, 7) is 0.245. The Morgan fingerprint density at radius 3 is 2.86 bits per heavy atom. The smallest absolute Gasteiger partial charge is 0.262 e. The monoisotopic (exact) mass is 342 g/mol. The highest BCUT2D eigenvalue weighted by Gasteiger charge is 2.16. The van der Waals surface area contributed by atoms with E-state index in [1.54, 1.807) is 5.38 Å². The summed E-state index contributed by atoms with van der Waals surface area (Å²) in [6.07, 6.45) is 4.31. The van der Waals surface area contributed by atoms with Crippen LogP contribution in [0.4, 0.5) is 0 Å². The zero-order valence-electron chi connectivity index (χ0n) is 10.8. The van der Waals surface area contributed by atoms with E-state index < -0.39 is 9.05 Å². The molecule has 3 rings (SSSR count). The predicted octanol–water partition coefficient (Wildman–Crippen LogP) is 3.66. The molecular formula is C14H11ClO4S2. The van der Waals surface area contributed by atoms with Crippen molar-refractivity contribution in [3.05, 3.63) is 46.2 Å². The van der Waals surface area contributed by atoms with E-state index >= 15 is 0 Å². The number of benzene rings is 1. The maximum atomic E-state index is 11.4. The molecule has 0 N–H and O–H groups in total. The van der Waals surface area contributed by atoms with E-state index in [1.807, 2.05) is 30.4 Å². The molecule has 0 saturated heterocycles. The van der Waals surface area contributed by atoms with Crippen LogP contribution in [0.5, 0.6) is 11.5 Å². The molecule has 0 aliphatic carbocycles. The van der Waals surface area contributed by atoms with Crippen LogP contribution in [0.15, 0.2) is 40.6 Å². The lowest BCUT2D eigenvalue weighted by Gasteiger charge is -1.98. The first-order valence-corrected chi connectivity index (χ1v) is 9.30. The van der Waals surface area contributed by atoms with Gasteiger partial charge in [0.15, 0.2) is 11.5 Å². The molecule has 0 unspecified atom stereocenters. The van der Waals surface area contributed by atoms with E-state index in [0.717, 1.165) is 21.9 Å². The molecule has 110 valence electrons. The summed E-state index contributed by atoms with van der Waals surface area (Å²) in [7, 11) is 1.71.